The van der Waals surface area contributed by atoms with Gasteiger partial charge in [0.1, 0.15) is 5.75 Å². The lowest BCUT2D eigenvalue weighted by molar-refractivity contribution is -0.134. The van der Waals surface area contributed by atoms with Crippen molar-refractivity contribution in [1.29, 1.82) is 0 Å². The molecule has 3 heterocycles. The zero-order valence-electron chi connectivity index (χ0n) is 28.8. The van der Waals surface area contributed by atoms with Gasteiger partial charge >= 0.3 is 0 Å². The number of piperazine rings is 1. The number of phenols is 1. The fraction of sp³-hybridized carbons (Fsp3) is 0.395. The normalized spacial score (nSPS) is 23.8. The van der Waals surface area contributed by atoms with Crippen molar-refractivity contribution >= 4 is 17.5 Å². The lowest BCUT2D eigenvalue weighted by atomic mass is 9.69. The average molecular weight is 669 g/mol. The molecule has 4 aliphatic rings. The van der Waals surface area contributed by atoms with Crippen LogP contribution in [-0.2, 0) is 22.6 Å². The van der Waals surface area contributed by atoms with Crippen LogP contribution in [0.3, 0.4) is 0 Å². The van der Waals surface area contributed by atoms with E-state index in [-0.39, 0.29) is 23.7 Å². The molecule has 7 heteroatoms. The number of aromatic hydroxyl groups is 1. The maximum absolute atomic E-state index is 12.3. The Morgan fingerprint density at radius 3 is 2.12 bits per heavy atom. The molecule has 4 aromatic rings. The van der Waals surface area contributed by atoms with Gasteiger partial charge in [-0.2, -0.15) is 0 Å². The first-order valence-corrected chi connectivity index (χ1v) is 18.6. The Bertz CT molecular complexity index is 1790. The first-order chi connectivity index (χ1) is 24.5. The summed E-state index contributed by atoms with van der Waals surface area (Å²) in [7, 11) is 0. The molecule has 1 unspecified atom stereocenters. The Morgan fingerprint density at radius 2 is 1.40 bits per heavy atom. The summed E-state index contributed by atoms with van der Waals surface area (Å²) >= 11 is 0. The Hall–Kier alpha value is -4.46. The third kappa shape index (κ3) is 6.94. The number of rotatable bonds is 7. The van der Waals surface area contributed by atoms with E-state index in [1.54, 1.807) is 0 Å². The van der Waals surface area contributed by atoms with Crippen molar-refractivity contribution < 1.29 is 14.7 Å². The van der Waals surface area contributed by atoms with E-state index < -0.39 is 0 Å². The summed E-state index contributed by atoms with van der Waals surface area (Å²) < 4.78 is 0. The predicted octanol–water partition coefficient (Wildman–Crippen LogP) is 6.56. The van der Waals surface area contributed by atoms with Crippen LogP contribution in [0.2, 0.25) is 0 Å². The Labute approximate surface area is 295 Å². The van der Waals surface area contributed by atoms with Crippen LogP contribution in [0, 0.1) is 0 Å². The van der Waals surface area contributed by atoms with Crippen LogP contribution in [0.25, 0.3) is 0 Å². The van der Waals surface area contributed by atoms with Gasteiger partial charge in [0, 0.05) is 69.9 Å². The molecule has 0 bridgehead atoms. The van der Waals surface area contributed by atoms with E-state index in [9.17, 15) is 14.7 Å². The summed E-state index contributed by atoms with van der Waals surface area (Å²) in [5, 5.41) is 12.7. The van der Waals surface area contributed by atoms with Crippen LogP contribution >= 0.6 is 0 Å². The summed E-state index contributed by atoms with van der Waals surface area (Å²) in [6.45, 7) is 7.46. The van der Waals surface area contributed by atoms with Gasteiger partial charge in [0.15, 0.2) is 0 Å². The van der Waals surface area contributed by atoms with Crippen LogP contribution in [-0.4, -0.2) is 72.0 Å². The number of hydrogen-bond donors (Lipinski definition) is 2. The molecule has 0 spiro atoms. The van der Waals surface area contributed by atoms with Crippen molar-refractivity contribution in [2.45, 2.75) is 68.9 Å². The van der Waals surface area contributed by atoms with Crippen LogP contribution in [0.5, 0.6) is 5.75 Å². The number of anilines is 1. The molecule has 4 aromatic carbocycles. The molecular formula is C43H48N4O3. The van der Waals surface area contributed by atoms with Crippen LogP contribution in [0.1, 0.15) is 83.2 Å². The molecule has 1 aliphatic carbocycles. The van der Waals surface area contributed by atoms with E-state index in [0.29, 0.717) is 30.6 Å². The highest BCUT2D eigenvalue weighted by molar-refractivity contribution is 6.00. The fourth-order valence-corrected chi connectivity index (χ4v) is 9.07. The minimum absolute atomic E-state index is 0.166. The molecule has 0 radical (unpaired) electrons. The van der Waals surface area contributed by atoms with Crippen molar-refractivity contribution in [3.63, 3.8) is 0 Å². The summed E-state index contributed by atoms with van der Waals surface area (Å²) in [5.41, 5.74) is 8.96. The average Bonchev–Trinajstić information content (AvgIpc) is 3.16. The van der Waals surface area contributed by atoms with Gasteiger partial charge in [0.25, 0.3) is 0 Å². The fourth-order valence-electron chi connectivity index (χ4n) is 9.07. The number of nitrogens with one attached hydrogen (secondary N) is 1. The molecule has 3 fully saturated rings. The van der Waals surface area contributed by atoms with Gasteiger partial charge in [0.05, 0.1) is 5.92 Å². The third-order valence-electron chi connectivity index (χ3n) is 11.8. The van der Waals surface area contributed by atoms with Crippen molar-refractivity contribution in [1.82, 2.24) is 15.1 Å². The SMILES string of the molecule is O=C1CCC(c2ccc(CN3CCN(C4CCN(c5ccc([C@@H]6c7ccc(O)cc7CC[C@@H]6c6ccccc6)cc5)CC4)CC3)cc2)C(=O)N1. The molecule has 3 atom stereocenters. The first-order valence-electron chi connectivity index (χ1n) is 18.6. The van der Waals surface area contributed by atoms with Gasteiger partial charge in [-0.25, -0.2) is 0 Å². The number of fused-ring (bicyclic) bond motifs is 1. The molecule has 2 N–H and O–H groups in total. The highest BCUT2D eigenvalue weighted by atomic mass is 16.3. The molecular weight excluding hydrogens is 620 g/mol. The summed E-state index contributed by atoms with van der Waals surface area (Å²) in [6, 6.07) is 35.3. The molecule has 3 saturated heterocycles. The van der Waals surface area contributed by atoms with Crippen molar-refractivity contribution in [2.75, 3.05) is 44.2 Å². The van der Waals surface area contributed by atoms with E-state index >= 15 is 0 Å². The summed E-state index contributed by atoms with van der Waals surface area (Å²) in [5.74, 6) is 0.492. The van der Waals surface area contributed by atoms with Gasteiger partial charge < -0.3 is 10.0 Å². The van der Waals surface area contributed by atoms with E-state index in [2.05, 4.69) is 105 Å². The molecule has 7 nitrogen and oxygen atoms in total. The monoisotopic (exact) mass is 668 g/mol. The number of carbonyl (C=O) groups is 2. The van der Waals surface area contributed by atoms with E-state index in [4.69, 9.17) is 0 Å². The van der Waals surface area contributed by atoms with Crippen LogP contribution in [0.4, 0.5) is 5.69 Å². The highest BCUT2D eigenvalue weighted by Gasteiger charge is 2.33. The minimum atomic E-state index is -0.222. The smallest absolute Gasteiger partial charge is 0.234 e. The topological polar surface area (TPSA) is 76.1 Å². The summed E-state index contributed by atoms with van der Waals surface area (Å²) in [6.07, 6.45) is 5.46. The number of imide groups is 1. The predicted molar refractivity (Wildman–Crippen MR) is 198 cm³/mol. The van der Waals surface area contributed by atoms with Gasteiger partial charge in [-0.1, -0.05) is 72.8 Å². The second kappa shape index (κ2) is 14.4. The maximum Gasteiger partial charge on any atom is 0.234 e. The minimum Gasteiger partial charge on any atom is -0.508 e. The Balaban J connectivity index is 0.846. The van der Waals surface area contributed by atoms with Crippen molar-refractivity contribution in [3.8, 4) is 5.75 Å². The van der Waals surface area contributed by atoms with E-state index in [1.807, 2.05) is 12.1 Å². The number of benzene rings is 4. The number of piperidine rings is 2. The quantitative estimate of drug-likeness (QED) is 0.217. The molecule has 0 saturated carbocycles. The standard InChI is InChI=1S/C43H48N4O3/c48-37-15-17-39-34(28-37)12-16-38(31-4-2-1-3-5-31)42(39)33-10-13-35(14-11-33)46-22-20-36(21-23-46)47-26-24-45(25-27-47)29-30-6-8-32(9-7-30)40-18-19-41(49)44-43(40)50/h1-11,13-15,17,28,36,38,40,42,48H,12,16,18-27,29H2,(H,44,49,50)/t38-,40?,42+/m1/s1. The molecule has 3 aliphatic heterocycles. The van der Waals surface area contributed by atoms with Crippen molar-refractivity contribution in [3.05, 3.63) is 130 Å². The lowest BCUT2D eigenvalue weighted by Crippen LogP contribution is -2.53. The van der Waals surface area contributed by atoms with Crippen molar-refractivity contribution in [2.24, 2.45) is 0 Å². The number of amides is 2. The highest BCUT2D eigenvalue weighted by Crippen LogP contribution is 2.47. The third-order valence-corrected chi connectivity index (χ3v) is 11.8. The zero-order valence-corrected chi connectivity index (χ0v) is 28.8. The molecule has 8 rings (SSSR count). The van der Waals surface area contributed by atoms with E-state index in [0.717, 1.165) is 64.2 Å². The Kier molecular flexibility index (Phi) is 9.43. The Morgan fingerprint density at radius 1 is 0.680 bits per heavy atom. The second-order valence-corrected chi connectivity index (χ2v) is 14.8. The molecule has 0 aromatic heterocycles. The number of hydrogen-bond acceptors (Lipinski definition) is 6. The first kappa shape index (κ1) is 32.7. The number of phenolic OH excluding ortho intramolecular Hbond substituents is 1. The van der Waals surface area contributed by atoms with Gasteiger partial charge in [0.2, 0.25) is 11.8 Å². The lowest BCUT2D eigenvalue weighted by Gasteiger charge is -2.43. The number of aryl methyl sites for hydroxylation is 1. The van der Waals surface area contributed by atoms with Gasteiger partial charge in [-0.15, -0.1) is 0 Å². The molecule has 50 heavy (non-hydrogen) atoms. The van der Waals surface area contributed by atoms with Crippen LogP contribution < -0.4 is 10.2 Å². The van der Waals surface area contributed by atoms with Crippen LogP contribution in [0.15, 0.2) is 97.1 Å². The maximum atomic E-state index is 12.3. The van der Waals surface area contributed by atoms with Gasteiger partial charge in [-0.05, 0) is 95.7 Å². The molecule has 258 valence electrons. The largest absolute Gasteiger partial charge is 0.508 e. The second-order valence-electron chi connectivity index (χ2n) is 14.8. The number of nitrogens with zero attached hydrogens (tertiary/aromatic N) is 3. The van der Waals surface area contributed by atoms with Gasteiger partial charge in [-0.3, -0.25) is 24.7 Å². The number of carbonyl (C=O) groups excluding carboxylic acids is 2. The molecule has 2 amide bonds. The zero-order chi connectivity index (χ0) is 34.0. The summed E-state index contributed by atoms with van der Waals surface area (Å²) in [4.78, 5) is 31.6. The van der Waals surface area contributed by atoms with E-state index in [1.165, 1.54) is 46.3 Å².